The number of nitro groups is 1. The van der Waals surface area contributed by atoms with E-state index in [2.05, 4.69) is 10.3 Å². The number of hydrogen-bond donors (Lipinski definition) is 2. The third-order valence-electron chi connectivity index (χ3n) is 3.38. The zero-order valence-electron chi connectivity index (χ0n) is 12.3. The summed E-state index contributed by atoms with van der Waals surface area (Å²) in [6.07, 6.45) is 3.45. The lowest BCUT2D eigenvalue weighted by Crippen LogP contribution is -2.23. The van der Waals surface area contributed by atoms with Crippen molar-refractivity contribution in [1.29, 1.82) is 0 Å². The number of imidazole rings is 1. The number of carbonyl (C=O) groups excluding carboxylic acids is 1. The molecule has 0 saturated carbocycles. The minimum Gasteiger partial charge on any atom is -0.393 e. The van der Waals surface area contributed by atoms with Crippen molar-refractivity contribution >= 4 is 34.5 Å². The number of aromatic nitrogens is 2. The standard InChI is InChI=1S/C15H12ClN5O3/c16-10-2-4-14-19-11(8-20(14)7-10)6-18-15(22)9-1-3-12(17)13(5-9)21(23)24/h1-5,7-8H,6,17H2,(H,18,22). The average Bonchev–Trinajstić information content (AvgIpc) is 2.94. The van der Waals surface area contributed by atoms with E-state index in [0.29, 0.717) is 16.4 Å². The molecule has 9 heteroatoms. The van der Waals surface area contributed by atoms with Crippen LogP contribution >= 0.6 is 11.6 Å². The Kier molecular flexibility index (Phi) is 4.05. The Hall–Kier alpha value is -3.13. The van der Waals surface area contributed by atoms with E-state index in [4.69, 9.17) is 17.3 Å². The van der Waals surface area contributed by atoms with E-state index in [1.165, 1.54) is 12.1 Å². The summed E-state index contributed by atoms with van der Waals surface area (Å²) in [4.78, 5) is 26.7. The number of benzene rings is 1. The molecule has 0 bridgehead atoms. The summed E-state index contributed by atoms with van der Waals surface area (Å²) in [6, 6.07) is 7.39. The highest BCUT2D eigenvalue weighted by atomic mass is 35.5. The number of rotatable bonds is 4. The number of nitrogens with one attached hydrogen (secondary N) is 1. The van der Waals surface area contributed by atoms with Crippen molar-refractivity contribution in [3.63, 3.8) is 0 Å². The molecule has 24 heavy (non-hydrogen) atoms. The number of nitrogens with two attached hydrogens (primary N) is 1. The minimum atomic E-state index is -0.627. The second-order valence-electron chi connectivity index (χ2n) is 5.06. The summed E-state index contributed by atoms with van der Waals surface area (Å²) in [5.74, 6) is -0.451. The van der Waals surface area contributed by atoms with Gasteiger partial charge in [0.05, 0.1) is 22.2 Å². The van der Waals surface area contributed by atoms with Gasteiger partial charge in [-0.3, -0.25) is 14.9 Å². The highest BCUT2D eigenvalue weighted by Gasteiger charge is 2.15. The molecule has 0 fully saturated rings. The van der Waals surface area contributed by atoms with Gasteiger partial charge in [-0.25, -0.2) is 4.98 Å². The number of carbonyl (C=O) groups is 1. The third kappa shape index (κ3) is 3.13. The van der Waals surface area contributed by atoms with E-state index in [9.17, 15) is 14.9 Å². The first kappa shape index (κ1) is 15.8. The summed E-state index contributed by atoms with van der Waals surface area (Å²) in [6.45, 7) is 0.177. The van der Waals surface area contributed by atoms with Gasteiger partial charge in [-0.15, -0.1) is 0 Å². The van der Waals surface area contributed by atoms with Crippen molar-refractivity contribution in [2.45, 2.75) is 6.54 Å². The van der Waals surface area contributed by atoms with Crippen LogP contribution in [0.5, 0.6) is 0 Å². The fourth-order valence-corrected chi connectivity index (χ4v) is 2.39. The van der Waals surface area contributed by atoms with Gasteiger partial charge in [-0.1, -0.05) is 11.6 Å². The van der Waals surface area contributed by atoms with E-state index in [-0.39, 0.29) is 23.5 Å². The van der Waals surface area contributed by atoms with Crippen LogP contribution in [0.3, 0.4) is 0 Å². The topological polar surface area (TPSA) is 116 Å². The Bertz CT molecular complexity index is 953. The summed E-state index contributed by atoms with van der Waals surface area (Å²) in [7, 11) is 0. The van der Waals surface area contributed by atoms with Crippen LogP contribution in [-0.4, -0.2) is 20.2 Å². The average molecular weight is 346 g/mol. The summed E-state index contributed by atoms with van der Waals surface area (Å²) >= 11 is 5.91. The van der Waals surface area contributed by atoms with Gasteiger partial charge in [0.2, 0.25) is 0 Å². The van der Waals surface area contributed by atoms with E-state index in [1.54, 1.807) is 28.9 Å². The predicted octanol–water partition coefficient (Wildman–Crippen LogP) is 2.41. The Morgan fingerprint density at radius 2 is 2.12 bits per heavy atom. The second kappa shape index (κ2) is 6.17. The largest absolute Gasteiger partial charge is 0.393 e. The normalized spacial score (nSPS) is 10.7. The highest BCUT2D eigenvalue weighted by molar-refractivity contribution is 6.30. The lowest BCUT2D eigenvalue weighted by molar-refractivity contribution is -0.383. The van der Waals surface area contributed by atoms with Crippen LogP contribution in [-0.2, 0) is 6.54 Å². The maximum atomic E-state index is 12.1. The van der Waals surface area contributed by atoms with E-state index < -0.39 is 10.8 Å². The number of halogens is 1. The number of nitrogens with zero attached hydrogens (tertiary/aromatic N) is 3. The second-order valence-corrected chi connectivity index (χ2v) is 5.49. The molecule has 3 aromatic rings. The Morgan fingerprint density at radius 1 is 1.33 bits per heavy atom. The van der Waals surface area contributed by atoms with Crippen molar-refractivity contribution in [3.05, 3.63) is 69.1 Å². The first-order valence-electron chi connectivity index (χ1n) is 6.89. The fourth-order valence-electron chi connectivity index (χ4n) is 2.22. The Morgan fingerprint density at radius 3 is 2.88 bits per heavy atom. The van der Waals surface area contributed by atoms with E-state index in [0.717, 1.165) is 6.07 Å². The third-order valence-corrected chi connectivity index (χ3v) is 3.61. The molecule has 8 nitrogen and oxygen atoms in total. The molecule has 1 aromatic carbocycles. The molecule has 0 radical (unpaired) electrons. The minimum absolute atomic E-state index is 0.00813. The number of nitrogen functional groups attached to an aromatic ring is 1. The SMILES string of the molecule is Nc1ccc(C(=O)NCc2cn3cc(Cl)ccc3n2)cc1[N+](=O)[O-]. The van der Waals surface area contributed by atoms with Crippen LogP contribution in [0.25, 0.3) is 5.65 Å². The van der Waals surface area contributed by atoms with Gasteiger partial charge in [-0.2, -0.15) is 0 Å². The van der Waals surface area contributed by atoms with Gasteiger partial charge in [0.25, 0.3) is 11.6 Å². The molecule has 0 aliphatic rings. The van der Waals surface area contributed by atoms with Crippen LogP contribution in [0, 0.1) is 10.1 Å². The van der Waals surface area contributed by atoms with Crippen LogP contribution < -0.4 is 11.1 Å². The van der Waals surface area contributed by atoms with Crippen molar-refractivity contribution in [2.24, 2.45) is 0 Å². The van der Waals surface area contributed by atoms with Gasteiger partial charge >= 0.3 is 0 Å². The molecular formula is C15H12ClN5O3. The van der Waals surface area contributed by atoms with E-state index >= 15 is 0 Å². The number of hydrogen-bond acceptors (Lipinski definition) is 5. The molecular weight excluding hydrogens is 334 g/mol. The van der Waals surface area contributed by atoms with Gasteiger partial charge in [-0.05, 0) is 24.3 Å². The monoisotopic (exact) mass is 345 g/mol. The lowest BCUT2D eigenvalue weighted by Gasteiger charge is -2.04. The van der Waals surface area contributed by atoms with Crippen LogP contribution in [0.2, 0.25) is 5.02 Å². The maximum absolute atomic E-state index is 12.1. The van der Waals surface area contributed by atoms with Gasteiger partial charge in [0.1, 0.15) is 11.3 Å². The number of fused-ring (bicyclic) bond motifs is 1. The van der Waals surface area contributed by atoms with Crippen molar-refractivity contribution in [2.75, 3.05) is 5.73 Å². The van der Waals surface area contributed by atoms with Crippen LogP contribution in [0.4, 0.5) is 11.4 Å². The summed E-state index contributed by atoms with van der Waals surface area (Å²) in [5.41, 5.74) is 6.71. The number of anilines is 1. The van der Waals surface area contributed by atoms with Crippen molar-refractivity contribution in [3.8, 4) is 0 Å². The molecule has 2 heterocycles. The summed E-state index contributed by atoms with van der Waals surface area (Å²) in [5, 5.41) is 14.1. The quantitative estimate of drug-likeness (QED) is 0.428. The number of pyridine rings is 1. The molecule has 122 valence electrons. The zero-order valence-corrected chi connectivity index (χ0v) is 13.0. The fraction of sp³-hybridized carbons (Fsp3) is 0.0667. The molecule has 3 N–H and O–H groups in total. The van der Waals surface area contributed by atoms with Gasteiger partial charge in [0.15, 0.2) is 0 Å². The molecule has 0 aliphatic carbocycles. The first-order valence-corrected chi connectivity index (χ1v) is 7.27. The molecule has 3 rings (SSSR count). The number of nitro benzene ring substituents is 1. The van der Waals surface area contributed by atoms with Crippen LogP contribution in [0.15, 0.2) is 42.7 Å². The Balaban J connectivity index is 1.74. The van der Waals surface area contributed by atoms with Gasteiger partial charge in [0, 0.05) is 24.0 Å². The molecule has 0 saturated heterocycles. The zero-order chi connectivity index (χ0) is 17.3. The van der Waals surface area contributed by atoms with Gasteiger partial charge < -0.3 is 15.5 Å². The van der Waals surface area contributed by atoms with E-state index in [1.807, 2.05) is 0 Å². The maximum Gasteiger partial charge on any atom is 0.292 e. The highest BCUT2D eigenvalue weighted by Crippen LogP contribution is 2.22. The molecule has 0 atom stereocenters. The predicted molar refractivity (Wildman–Crippen MR) is 88.9 cm³/mol. The first-order chi connectivity index (χ1) is 11.4. The molecule has 2 aromatic heterocycles. The van der Waals surface area contributed by atoms with Crippen molar-refractivity contribution < 1.29 is 9.72 Å². The smallest absolute Gasteiger partial charge is 0.292 e. The number of amides is 1. The Labute approximate surface area is 141 Å². The molecule has 0 unspecified atom stereocenters. The molecule has 0 spiro atoms. The summed E-state index contributed by atoms with van der Waals surface area (Å²) < 4.78 is 1.75. The molecule has 1 amide bonds. The lowest BCUT2D eigenvalue weighted by atomic mass is 10.1. The van der Waals surface area contributed by atoms with Crippen molar-refractivity contribution in [1.82, 2.24) is 14.7 Å². The molecule has 0 aliphatic heterocycles. The van der Waals surface area contributed by atoms with Crippen LogP contribution in [0.1, 0.15) is 16.1 Å².